The molecule has 3 rings (SSSR count). The predicted molar refractivity (Wildman–Crippen MR) is 87.7 cm³/mol. The Bertz CT molecular complexity index is 892. The fourth-order valence-corrected chi connectivity index (χ4v) is 2.74. The maximum atomic E-state index is 12.2. The Kier molecular flexibility index (Phi) is 4.55. The van der Waals surface area contributed by atoms with E-state index in [2.05, 4.69) is 9.72 Å². The van der Waals surface area contributed by atoms with Crippen LogP contribution in [0.4, 0.5) is 13.2 Å². The van der Waals surface area contributed by atoms with Gasteiger partial charge in [0.1, 0.15) is 5.75 Å². The fourth-order valence-electron chi connectivity index (χ4n) is 2.15. The number of halogens is 6. The van der Waals surface area contributed by atoms with Crippen LogP contribution < -0.4 is 4.74 Å². The summed E-state index contributed by atoms with van der Waals surface area (Å²) in [5.74, 6) is 0.0951. The van der Waals surface area contributed by atoms with E-state index in [1.807, 2.05) is 0 Å². The van der Waals surface area contributed by atoms with Gasteiger partial charge in [-0.1, -0.05) is 23.2 Å². The molecule has 24 heavy (non-hydrogen) atoms. The number of hydrogen-bond donors (Lipinski definition) is 0. The van der Waals surface area contributed by atoms with Gasteiger partial charge >= 0.3 is 6.18 Å². The summed E-state index contributed by atoms with van der Waals surface area (Å²) in [6.45, 7) is -1.35. The Morgan fingerprint density at radius 3 is 2.25 bits per heavy atom. The number of imidazole rings is 1. The number of aromatic nitrogens is 2. The van der Waals surface area contributed by atoms with Crippen LogP contribution in [0.25, 0.3) is 16.7 Å². The monoisotopic (exact) mass is 394 g/mol. The highest BCUT2D eigenvalue weighted by Gasteiger charge is 2.28. The van der Waals surface area contributed by atoms with Crippen molar-refractivity contribution >= 4 is 45.8 Å². The Hall–Kier alpha value is -1.63. The van der Waals surface area contributed by atoms with Gasteiger partial charge in [-0.15, -0.1) is 0 Å². The number of alkyl halides is 3. The average molecular weight is 396 g/mol. The topological polar surface area (TPSA) is 27.1 Å². The maximum Gasteiger partial charge on any atom is 0.422 e. The van der Waals surface area contributed by atoms with E-state index in [-0.39, 0.29) is 11.0 Å². The second-order valence-corrected chi connectivity index (χ2v) is 6.02. The minimum Gasteiger partial charge on any atom is -0.484 e. The molecule has 0 fully saturated rings. The van der Waals surface area contributed by atoms with Gasteiger partial charge in [0, 0.05) is 5.69 Å². The van der Waals surface area contributed by atoms with Crippen molar-refractivity contribution in [1.29, 1.82) is 0 Å². The van der Waals surface area contributed by atoms with Gasteiger partial charge in [-0.3, -0.25) is 4.57 Å². The normalized spacial score (nSPS) is 11.9. The fraction of sp³-hybridized carbons (Fsp3) is 0.133. The van der Waals surface area contributed by atoms with Crippen molar-refractivity contribution in [1.82, 2.24) is 9.55 Å². The van der Waals surface area contributed by atoms with Crippen LogP contribution >= 0.6 is 34.8 Å². The lowest BCUT2D eigenvalue weighted by atomic mass is 10.2. The Morgan fingerprint density at radius 1 is 1.00 bits per heavy atom. The highest BCUT2D eigenvalue weighted by molar-refractivity contribution is 6.42. The number of ether oxygens (including phenoxy) is 1. The van der Waals surface area contributed by atoms with Gasteiger partial charge in [-0.2, -0.15) is 13.2 Å². The molecule has 0 N–H and O–H groups in total. The molecule has 0 unspecified atom stereocenters. The summed E-state index contributed by atoms with van der Waals surface area (Å²) in [5, 5.41) is 0.862. The van der Waals surface area contributed by atoms with E-state index < -0.39 is 12.8 Å². The Labute approximate surface area is 149 Å². The van der Waals surface area contributed by atoms with Crippen molar-refractivity contribution in [2.24, 2.45) is 0 Å². The molecule has 0 aliphatic heterocycles. The molecule has 1 aromatic heterocycles. The molecule has 9 heteroatoms. The van der Waals surface area contributed by atoms with Crippen LogP contribution in [-0.4, -0.2) is 22.3 Å². The van der Waals surface area contributed by atoms with E-state index in [1.165, 1.54) is 12.1 Å². The standard InChI is InChI=1S/C15H8Cl3F3N2O/c16-10-5-12-13(6-11(10)17)23(14(18)22-12)8-1-3-9(4-2-8)24-7-15(19,20)21/h1-6H,7H2. The minimum atomic E-state index is -4.39. The summed E-state index contributed by atoms with van der Waals surface area (Å²) in [5.41, 5.74) is 1.77. The average Bonchev–Trinajstić information content (AvgIpc) is 2.81. The molecule has 0 aliphatic rings. The van der Waals surface area contributed by atoms with Crippen molar-refractivity contribution in [2.75, 3.05) is 6.61 Å². The first kappa shape index (κ1) is 17.2. The molecule has 126 valence electrons. The third-order valence-corrected chi connectivity index (χ3v) is 4.13. The second-order valence-electron chi connectivity index (χ2n) is 4.87. The van der Waals surface area contributed by atoms with E-state index in [4.69, 9.17) is 34.8 Å². The highest BCUT2D eigenvalue weighted by atomic mass is 35.5. The molecule has 1 heterocycles. The molecule has 0 radical (unpaired) electrons. The number of benzene rings is 2. The SMILES string of the molecule is FC(F)(F)COc1ccc(-n2c(Cl)nc3cc(Cl)c(Cl)cc32)cc1. The summed E-state index contributed by atoms with van der Waals surface area (Å²) >= 11 is 18.1. The van der Waals surface area contributed by atoms with E-state index in [0.717, 1.165) is 0 Å². The van der Waals surface area contributed by atoms with Crippen LogP contribution in [-0.2, 0) is 0 Å². The van der Waals surface area contributed by atoms with Crippen LogP contribution in [0.15, 0.2) is 36.4 Å². The first-order valence-corrected chi connectivity index (χ1v) is 7.71. The van der Waals surface area contributed by atoms with Crippen LogP contribution in [0.2, 0.25) is 15.3 Å². The first-order valence-electron chi connectivity index (χ1n) is 6.57. The molecule has 0 saturated heterocycles. The molecule has 0 atom stereocenters. The van der Waals surface area contributed by atoms with Crippen molar-refractivity contribution in [3.8, 4) is 11.4 Å². The lowest BCUT2D eigenvalue weighted by Gasteiger charge is -2.10. The van der Waals surface area contributed by atoms with E-state index >= 15 is 0 Å². The van der Waals surface area contributed by atoms with Crippen molar-refractivity contribution < 1.29 is 17.9 Å². The zero-order valence-corrected chi connectivity index (χ0v) is 14.0. The number of nitrogens with zero attached hydrogens (tertiary/aromatic N) is 2. The summed E-state index contributed by atoms with van der Waals surface area (Å²) in [4.78, 5) is 4.19. The third-order valence-electron chi connectivity index (χ3n) is 3.15. The number of rotatable bonds is 3. The van der Waals surface area contributed by atoms with E-state index in [9.17, 15) is 13.2 Å². The molecular formula is C15H8Cl3F3N2O. The van der Waals surface area contributed by atoms with Gasteiger partial charge < -0.3 is 4.74 Å². The summed E-state index contributed by atoms with van der Waals surface area (Å²) in [6, 6.07) is 9.18. The van der Waals surface area contributed by atoms with Gasteiger partial charge in [-0.05, 0) is 48.0 Å². The maximum absolute atomic E-state index is 12.2. The lowest BCUT2D eigenvalue weighted by molar-refractivity contribution is -0.153. The molecule has 0 amide bonds. The van der Waals surface area contributed by atoms with Crippen LogP contribution in [0.3, 0.4) is 0 Å². The predicted octanol–water partition coefficient (Wildman–Crippen LogP) is 5.93. The van der Waals surface area contributed by atoms with Crippen molar-refractivity contribution in [3.63, 3.8) is 0 Å². The highest BCUT2D eigenvalue weighted by Crippen LogP contribution is 2.32. The van der Waals surface area contributed by atoms with Gasteiger partial charge in [0.05, 0.1) is 21.1 Å². The molecule has 2 aromatic carbocycles. The molecule has 3 aromatic rings. The van der Waals surface area contributed by atoms with Crippen LogP contribution in [0.5, 0.6) is 5.75 Å². The van der Waals surface area contributed by atoms with Crippen LogP contribution in [0.1, 0.15) is 0 Å². The number of fused-ring (bicyclic) bond motifs is 1. The third kappa shape index (κ3) is 3.55. The number of hydrogen-bond acceptors (Lipinski definition) is 2. The molecule has 0 bridgehead atoms. The quantitative estimate of drug-likeness (QED) is 0.550. The summed E-state index contributed by atoms with van der Waals surface area (Å²) in [7, 11) is 0. The zero-order valence-electron chi connectivity index (χ0n) is 11.7. The summed E-state index contributed by atoms with van der Waals surface area (Å²) < 4.78 is 42.8. The zero-order chi connectivity index (χ0) is 17.5. The lowest BCUT2D eigenvalue weighted by Crippen LogP contribution is -2.19. The summed E-state index contributed by atoms with van der Waals surface area (Å²) in [6.07, 6.45) is -4.39. The van der Waals surface area contributed by atoms with Gasteiger partial charge in [0.15, 0.2) is 6.61 Å². The Morgan fingerprint density at radius 2 is 1.62 bits per heavy atom. The largest absolute Gasteiger partial charge is 0.484 e. The van der Waals surface area contributed by atoms with Gasteiger partial charge in [0.2, 0.25) is 5.28 Å². The van der Waals surface area contributed by atoms with Gasteiger partial charge in [-0.25, -0.2) is 4.98 Å². The van der Waals surface area contributed by atoms with Crippen LogP contribution in [0, 0.1) is 0 Å². The van der Waals surface area contributed by atoms with E-state index in [0.29, 0.717) is 26.8 Å². The van der Waals surface area contributed by atoms with Crippen molar-refractivity contribution in [3.05, 3.63) is 51.7 Å². The molecule has 3 nitrogen and oxygen atoms in total. The molecule has 0 spiro atoms. The smallest absolute Gasteiger partial charge is 0.422 e. The first-order chi connectivity index (χ1) is 11.2. The van der Waals surface area contributed by atoms with Crippen molar-refractivity contribution in [2.45, 2.75) is 6.18 Å². The minimum absolute atomic E-state index is 0.0951. The second kappa shape index (κ2) is 6.35. The molecule has 0 aliphatic carbocycles. The molecular weight excluding hydrogens is 388 g/mol. The Balaban J connectivity index is 1.96. The molecule has 0 saturated carbocycles. The van der Waals surface area contributed by atoms with E-state index in [1.54, 1.807) is 28.8 Å². The van der Waals surface area contributed by atoms with Gasteiger partial charge in [0.25, 0.3) is 0 Å².